The standard InChI is InChI=1S/C12H22N2O2S/c1-17(15,16)9-5-8-14-12-7-4-2-3-6-11(12)10-13/h11-12,14H,2-9H2,1H3. The number of nitrogens with zero attached hydrogens (tertiary/aromatic N) is 1. The van der Waals surface area contributed by atoms with Gasteiger partial charge >= 0.3 is 0 Å². The second kappa shape index (κ2) is 6.97. The van der Waals surface area contributed by atoms with Gasteiger partial charge in [0, 0.05) is 12.3 Å². The second-order valence-corrected chi connectivity index (χ2v) is 7.18. The summed E-state index contributed by atoms with van der Waals surface area (Å²) < 4.78 is 22.0. The molecule has 1 rings (SSSR count). The Labute approximate surface area is 104 Å². The summed E-state index contributed by atoms with van der Waals surface area (Å²) in [6.07, 6.45) is 7.42. The first-order valence-electron chi connectivity index (χ1n) is 6.33. The molecule has 1 fully saturated rings. The number of nitriles is 1. The molecule has 0 aromatic heterocycles. The van der Waals surface area contributed by atoms with E-state index in [2.05, 4.69) is 11.4 Å². The van der Waals surface area contributed by atoms with E-state index in [0.717, 1.165) is 19.3 Å². The molecule has 0 aromatic rings. The maximum Gasteiger partial charge on any atom is 0.147 e. The third-order valence-corrected chi connectivity index (χ3v) is 4.31. The van der Waals surface area contributed by atoms with Crippen molar-refractivity contribution in [1.82, 2.24) is 5.32 Å². The molecule has 1 N–H and O–H groups in total. The molecule has 2 unspecified atom stereocenters. The number of hydrogen-bond acceptors (Lipinski definition) is 4. The van der Waals surface area contributed by atoms with E-state index in [9.17, 15) is 8.42 Å². The van der Waals surface area contributed by atoms with Crippen molar-refractivity contribution in [2.75, 3.05) is 18.6 Å². The van der Waals surface area contributed by atoms with Gasteiger partial charge in [0.25, 0.3) is 0 Å². The van der Waals surface area contributed by atoms with Gasteiger partial charge in [-0.15, -0.1) is 0 Å². The number of sulfone groups is 1. The van der Waals surface area contributed by atoms with Gasteiger partial charge in [-0.1, -0.05) is 19.3 Å². The van der Waals surface area contributed by atoms with Gasteiger partial charge < -0.3 is 5.32 Å². The molecule has 4 nitrogen and oxygen atoms in total. The fourth-order valence-corrected chi connectivity index (χ4v) is 3.00. The van der Waals surface area contributed by atoms with E-state index in [1.54, 1.807) is 0 Å². The van der Waals surface area contributed by atoms with Crippen LogP contribution in [0.5, 0.6) is 0 Å². The fourth-order valence-electron chi connectivity index (χ4n) is 2.33. The zero-order chi connectivity index (χ0) is 12.7. The summed E-state index contributed by atoms with van der Waals surface area (Å²) in [5, 5.41) is 12.4. The van der Waals surface area contributed by atoms with Crippen LogP contribution < -0.4 is 5.32 Å². The summed E-state index contributed by atoms with van der Waals surface area (Å²) >= 11 is 0. The molecule has 98 valence electrons. The first kappa shape index (κ1) is 14.5. The predicted octanol–water partition coefficient (Wildman–Crippen LogP) is 1.48. The third kappa shape index (κ3) is 6.04. The largest absolute Gasteiger partial charge is 0.313 e. The highest BCUT2D eigenvalue weighted by Gasteiger charge is 2.22. The van der Waals surface area contributed by atoms with Gasteiger partial charge in [-0.05, 0) is 25.8 Å². The molecule has 17 heavy (non-hydrogen) atoms. The van der Waals surface area contributed by atoms with Crippen molar-refractivity contribution in [3.8, 4) is 6.07 Å². The van der Waals surface area contributed by atoms with Crippen molar-refractivity contribution >= 4 is 9.84 Å². The normalized spacial score (nSPS) is 26.1. The van der Waals surface area contributed by atoms with Gasteiger partial charge in [0.1, 0.15) is 9.84 Å². The summed E-state index contributed by atoms with van der Waals surface area (Å²) in [5.74, 6) is 0.319. The highest BCUT2D eigenvalue weighted by atomic mass is 32.2. The summed E-state index contributed by atoms with van der Waals surface area (Å²) in [5.41, 5.74) is 0. The van der Waals surface area contributed by atoms with Gasteiger partial charge in [-0.25, -0.2) is 8.42 Å². The lowest BCUT2D eigenvalue weighted by molar-refractivity contribution is 0.396. The van der Waals surface area contributed by atoms with Crippen molar-refractivity contribution in [1.29, 1.82) is 5.26 Å². The molecule has 0 radical (unpaired) electrons. The maximum absolute atomic E-state index is 11.0. The van der Waals surface area contributed by atoms with Crippen molar-refractivity contribution in [3.63, 3.8) is 0 Å². The van der Waals surface area contributed by atoms with Crippen LogP contribution in [0.1, 0.15) is 38.5 Å². The Bertz CT molecular complexity index is 359. The maximum atomic E-state index is 11.0. The molecule has 1 aliphatic rings. The SMILES string of the molecule is CS(=O)(=O)CCCNC1CCCCCC1C#N. The molecular formula is C12H22N2O2S. The average molecular weight is 258 g/mol. The Morgan fingerprint density at radius 1 is 1.29 bits per heavy atom. The molecule has 0 bridgehead atoms. The molecule has 0 saturated heterocycles. The zero-order valence-corrected chi connectivity index (χ0v) is 11.3. The van der Waals surface area contributed by atoms with E-state index in [1.807, 2.05) is 0 Å². The second-order valence-electron chi connectivity index (χ2n) is 4.92. The molecule has 0 aliphatic heterocycles. The van der Waals surface area contributed by atoms with E-state index in [-0.39, 0.29) is 17.7 Å². The summed E-state index contributed by atoms with van der Waals surface area (Å²) in [4.78, 5) is 0. The molecule has 5 heteroatoms. The Hall–Kier alpha value is -0.600. The molecule has 1 aliphatic carbocycles. The quantitative estimate of drug-likeness (QED) is 0.599. The fraction of sp³-hybridized carbons (Fsp3) is 0.917. The number of rotatable bonds is 5. The Balaban J connectivity index is 2.31. The molecule has 2 atom stereocenters. The number of nitrogens with one attached hydrogen (secondary N) is 1. The average Bonchev–Trinajstić information content (AvgIpc) is 2.47. The van der Waals surface area contributed by atoms with E-state index in [4.69, 9.17) is 5.26 Å². The minimum Gasteiger partial charge on any atom is -0.313 e. The van der Waals surface area contributed by atoms with Gasteiger partial charge in [0.2, 0.25) is 0 Å². The lowest BCUT2D eigenvalue weighted by Crippen LogP contribution is -2.36. The third-order valence-electron chi connectivity index (χ3n) is 3.28. The van der Waals surface area contributed by atoms with Crippen LogP contribution in [-0.2, 0) is 9.84 Å². The smallest absolute Gasteiger partial charge is 0.147 e. The van der Waals surface area contributed by atoms with E-state index < -0.39 is 9.84 Å². The van der Waals surface area contributed by atoms with E-state index in [0.29, 0.717) is 13.0 Å². The lowest BCUT2D eigenvalue weighted by Gasteiger charge is -2.20. The first-order chi connectivity index (χ1) is 8.03. The summed E-state index contributed by atoms with van der Waals surface area (Å²) in [7, 11) is -2.86. The van der Waals surface area contributed by atoms with Gasteiger partial charge in [-0.3, -0.25) is 0 Å². The summed E-state index contributed by atoms with van der Waals surface area (Å²) in [6.45, 7) is 0.690. The van der Waals surface area contributed by atoms with Crippen LogP contribution >= 0.6 is 0 Å². The van der Waals surface area contributed by atoms with Gasteiger partial charge in [-0.2, -0.15) is 5.26 Å². The monoisotopic (exact) mass is 258 g/mol. The van der Waals surface area contributed by atoms with Crippen LogP contribution in [0.15, 0.2) is 0 Å². The Morgan fingerprint density at radius 3 is 2.65 bits per heavy atom. The highest BCUT2D eigenvalue weighted by molar-refractivity contribution is 7.90. The first-order valence-corrected chi connectivity index (χ1v) is 8.40. The minimum absolute atomic E-state index is 0.0933. The molecule has 0 heterocycles. The summed E-state index contributed by atoms with van der Waals surface area (Å²) in [6, 6.07) is 2.62. The van der Waals surface area contributed by atoms with Gasteiger partial charge in [0.05, 0.1) is 17.7 Å². The van der Waals surface area contributed by atoms with E-state index in [1.165, 1.54) is 19.1 Å². The van der Waals surface area contributed by atoms with Crippen molar-refractivity contribution in [2.24, 2.45) is 5.92 Å². The van der Waals surface area contributed by atoms with E-state index >= 15 is 0 Å². The van der Waals surface area contributed by atoms with Crippen molar-refractivity contribution in [2.45, 2.75) is 44.6 Å². The Morgan fingerprint density at radius 2 is 2.00 bits per heavy atom. The van der Waals surface area contributed by atoms with Crippen molar-refractivity contribution < 1.29 is 8.42 Å². The predicted molar refractivity (Wildman–Crippen MR) is 68.3 cm³/mol. The van der Waals surface area contributed by atoms with Crippen LogP contribution in [0.2, 0.25) is 0 Å². The number of hydrogen-bond donors (Lipinski definition) is 1. The highest BCUT2D eigenvalue weighted by Crippen LogP contribution is 2.22. The molecular weight excluding hydrogens is 236 g/mol. The molecule has 0 spiro atoms. The minimum atomic E-state index is -2.86. The van der Waals surface area contributed by atoms with Crippen LogP contribution in [-0.4, -0.2) is 33.0 Å². The molecule has 0 amide bonds. The Kier molecular flexibility index (Phi) is 5.93. The lowest BCUT2D eigenvalue weighted by atomic mass is 9.96. The van der Waals surface area contributed by atoms with Gasteiger partial charge in [0.15, 0.2) is 0 Å². The van der Waals surface area contributed by atoms with Crippen LogP contribution in [0, 0.1) is 17.2 Å². The molecule has 1 saturated carbocycles. The van der Waals surface area contributed by atoms with Crippen LogP contribution in [0.25, 0.3) is 0 Å². The van der Waals surface area contributed by atoms with Crippen molar-refractivity contribution in [3.05, 3.63) is 0 Å². The van der Waals surface area contributed by atoms with Crippen LogP contribution in [0.3, 0.4) is 0 Å². The molecule has 0 aromatic carbocycles. The van der Waals surface area contributed by atoms with Crippen LogP contribution in [0.4, 0.5) is 0 Å². The zero-order valence-electron chi connectivity index (χ0n) is 10.5. The topological polar surface area (TPSA) is 70.0 Å².